The molecule has 0 unspecified atom stereocenters. The number of nitrogens with zero attached hydrogens (tertiary/aromatic N) is 3. The van der Waals surface area contributed by atoms with E-state index in [9.17, 15) is 4.79 Å². The van der Waals surface area contributed by atoms with Gasteiger partial charge in [-0.1, -0.05) is 43.7 Å². The number of nitrogens with one attached hydrogen (secondary N) is 1. The first-order valence-corrected chi connectivity index (χ1v) is 12.3. The number of pyridine rings is 1. The van der Waals surface area contributed by atoms with Crippen LogP contribution in [0.15, 0.2) is 29.3 Å². The number of fused-ring (bicyclic) bond motifs is 1. The number of piperidine rings is 1. The van der Waals surface area contributed by atoms with Crippen LogP contribution in [0.5, 0.6) is 0 Å². The van der Waals surface area contributed by atoms with Crippen LogP contribution in [0.1, 0.15) is 80.6 Å². The molecule has 2 aromatic rings. The highest BCUT2D eigenvalue weighted by molar-refractivity contribution is 6.07. The van der Waals surface area contributed by atoms with E-state index in [4.69, 9.17) is 10.7 Å². The lowest BCUT2D eigenvalue weighted by molar-refractivity contribution is 0.100. The smallest absolute Gasteiger partial charge is 0.282 e. The second-order valence-electron chi connectivity index (χ2n) is 9.58. The fourth-order valence-corrected chi connectivity index (χ4v) is 5.12. The van der Waals surface area contributed by atoms with Gasteiger partial charge in [-0.15, -0.1) is 0 Å². The van der Waals surface area contributed by atoms with Gasteiger partial charge in [-0.3, -0.25) is 4.79 Å². The Bertz CT molecular complexity index is 966. The molecule has 32 heavy (non-hydrogen) atoms. The number of hydrogen-bond donors (Lipinski definition) is 2. The monoisotopic (exact) mass is 435 g/mol. The highest BCUT2D eigenvalue weighted by Gasteiger charge is 2.26. The van der Waals surface area contributed by atoms with Gasteiger partial charge in [-0.25, -0.2) is 4.98 Å². The molecule has 0 bridgehead atoms. The van der Waals surface area contributed by atoms with Crippen LogP contribution in [-0.2, 0) is 0 Å². The van der Waals surface area contributed by atoms with Crippen molar-refractivity contribution in [1.82, 2.24) is 10.3 Å². The van der Waals surface area contributed by atoms with Crippen LogP contribution in [0.4, 0.5) is 5.82 Å². The van der Waals surface area contributed by atoms with Gasteiger partial charge in [-0.2, -0.15) is 4.99 Å². The van der Waals surface area contributed by atoms with Crippen molar-refractivity contribution in [2.24, 2.45) is 10.7 Å². The third-order valence-corrected chi connectivity index (χ3v) is 6.83. The summed E-state index contributed by atoms with van der Waals surface area (Å²) in [6.07, 6.45) is 11.6. The molecule has 172 valence electrons. The third-order valence-electron chi connectivity index (χ3n) is 6.83. The van der Waals surface area contributed by atoms with E-state index < -0.39 is 0 Å². The second kappa shape index (κ2) is 10.4. The van der Waals surface area contributed by atoms with E-state index in [0.717, 1.165) is 48.2 Å². The summed E-state index contributed by atoms with van der Waals surface area (Å²) in [6.45, 7) is 5.47. The average molecular weight is 436 g/mol. The van der Waals surface area contributed by atoms with Crippen LogP contribution in [0, 0.1) is 6.92 Å². The predicted molar refractivity (Wildman–Crippen MR) is 133 cm³/mol. The van der Waals surface area contributed by atoms with Gasteiger partial charge in [0.25, 0.3) is 5.91 Å². The Morgan fingerprint density at radius 1 is 1.03 bits per heavy atom. The molecule has 2 heterocycles. The minimum Gasteiger partial charge on any atom is -0.387 e. The van der Waals surface area contributed by atoms with Crippen LogP contribution in [0.2, 0.25) is 0 Å². The number of anilines is 1. The summed E-state index contributed by atoms with van der Waals surface area (Å²) in [7, 11) is 0. The number of rotatable bonds is 4. The molecule has 1 aromatic heterocycles. The second-order valence-corrected chi connectivity index (χ2v) is 9.58. The van der Waals surface area contributed by atoms with Gasteiger partial charge in [0.2, 0.25) is 0 Å². The Labute approximate surface area is 191 Å². The molecule has 1 saturated carbocycles. The van der Waals surface area contributed by atoms with Crippen LogP contribution in [-0.4, -0.2) is 41.9 Å². The predicted octanol–water partition coefficient (Wildman–Crippen LogP) is 4.73. The van der Waals surface area contributed by atoms with Crippen LogP contribution < -0.4 is 16.0 Å². The largest absolute Gasteiger partial charge is 0.387 e. The van der Waals surface area contributed by atoms with Gasteiger partial charge in [0.1, 0.15) is 11.7 Å². The number of aliphatic imine (C=N–C) groups is 1. The molecule has 0 spiro atoms. The lowest BCUT2D eigenvalue weighted by Gasteiger charge is -2.36. The van der Waals surface area contributed by atoms with E-state index in [1.807, 2.05) is 19.1 Å². The maximum Gasteiger partial charge on any atom is 0.282 e. The SMILES string of the molecule is CC(N)=NC(=O)c1cc2cc(C)ccc2nc1N1CCC(NC2CCCCCCC2)CC1. The summed E-state index contributed by atoms with van der Waals surface area (Å²) in [5.41, 5.74) is 8.30. The van der Waals surface area contributed by atoms with Crippen molar-refractivity contribution in [2.75, 3.05) is 18.0 Å². The molecule has 3 N–H and O–H groups in total. The summed E-state index contributed by atoms with van der Waals surface area (Å²) in [4.78, 5) is 24.1. The Balaban J connectivity index is 1.51. The van der Waals surface area contributed by atoms with Crippen molar-refractivity contribution in [3.63, 3.8) is 0 Å². The Hall–Kier alpha value is -2.47. The average Bonchev–Trinajstić information content (AvgIpc) is 2.74. The van der Waals surface area contributed by atoms with Crippen molar-refractivity contribution in [2.45, 2.75) is 83.7 Å². The molecule has 2 aliphatic rings. The van der Waals surface area contributed by atoms with E-state index in [1.54, 1.807) is 6.92 Å². The van der Waals surface area contributed by atoms with Crippen LogP contribution in [0.3, 0.4) is 0 Å². The maximum atomic E-state index is 12.9. The summed E-state index contributed by atoms with van der Waals surface area (Å²) < 4.78 is 0. The third kappa shape index (κ3) is 5.66. The van der Waals surface area contributed by atoms with Gasteiger partial charge in [-0.05, 0) is 57.7 Å². The quantitative estimate of drug-likeness (QED) is 0.536. The van der Waals surface area contributed by atoms with Gasteiger partial charge in [0, 0.05) is 30.6 Å². The number of carbonyl (C=O) groups is 1. The van der Waals surface area contributed by atoms with Crippen LogP contribution in [0.25, 0.3) is 10.9 Å². The van der Waals surface area contributed by atoms with Crippen molar-refractivity contribution in [1.29, 1.82) is 0 Å². The fourth-order valence-electron chi connectivity index (χ4n) is 5.12. The molecule has 0 atom stereocenters. The number of amides is 1. The minimum absolute atomic E-state index is 0.271. The zero-order valence-corrected chi connectivity index (χ0v) is 19.6. The zero-order valence-electron chi connectivity index (χ0n) is 19.6. The van der Waals surface area contributed by atoms with E-state index in [2.05, 4.69) is 27.3 Å². The molecule has 4 rings (SSSR count). The molecule has 6 heteroatoms. The fraction of sp³-hybridized carbons (Fsp3) is 0.577. The first-order chi connectivity index (χ1) is 15.5. The molecular weight excluding hydrogens is 398 g/mol. The maximum absolute atomic E-state index is 12.9. The standard InChI is InChI=1S/C26H37N5O/c1-18-10-11-24-20(16-18)17-23(26(32)28-19(2)27)25(30-24)31-14-12-22(13-15-31)29-21-8-6-4-3-5-7-9-21/h10-11,16-17,21-22,29H,3-9,12-15H2,1-2H3,(H2,27,28,32). The molecule has 1 aliphatic carbocycles. The van der Waals surface area contributed by atoms with E-state index in [-0.39, 0.29) is 11.7 Å². The van der Waals surface area contributed by atoms with Gasteiger partial charge >= 0.3 is 0 Å². The van der Waals surface area contributed by atoms with Crippen molar-refractivity contribution in [3.8, 4) is 0 Å². The molecule has 1 aromatic carbocycles. The van der Waals surface area contributed by atoms with E-state index in [1.165, 1.54) is 44.9 Å². The molecule has 1 amide bonds. The summed E-state index contributed by atoms with van der Waals surface area (Å²) in [6, 6.07) is 9.29. The molecule has 1 aliphatic heterocycles. The summed E-state index contributed by atoms with van der Waals surface area (Å²) in [5, 5.41) is 4.91. The van der Waals surface area contributed by atoms with Crippen LogP contribution >= 0.6 is 0 Å². The molecule has 1 saturated heterocycles. The topological polar surface area (TPSA) is 83.6 Å². The normalized spacial score (nSPS) is 19.7. The number of aryl methyl sites for hydroxylation is 1. The summed E-state index contributed by atoms with van der Waals surface area (Å²) in [5.74, 6) is 0.693. The number of benzene rings is 1. The first-order valence-electron chi connectivity index (χ1n) is 12.3. The Kier molecular flexibility index (Phi) is 7.40. The van der Waals surface area contributed by atoms with E-state index in [0.29, 0.717) is 17.6 Å². The van der Waals surface area contributed by atoms with E-state index >= 15 is 0 Å². The number of aromatic nitrogens is 1. The van der Waals surface area contributed by atoms with Gasteiger partial charge in [0.05, 0.1) is 11.1 Å². The molecule has 2 fully saturated rings. The highest BCUT2D eigenvalue weighted by Crippen LogP contribution is 2.28. The molecule has 0 radical (unpaired) electrons. The van der Waals surface area contributed by atoms with Crippen molar-refractivity contribution < 1.29 is 4.79 Å². The number of nitrogens with two attached hydrogens (primary N) is 1. The first kappa shape index (κ1) is 22.7. The minimum atomic E-state index is -0.314. The number of amidine groups is 1. The van der Waals surface area contributed by atoms with Crippen molar-refractivity contribution >= 4 is 28.5 Å². The van der Waals surface area contributed by atoms with Crippen molar-refractivity contribution in [3.05, 3.63) is 35.4 Å². The lowest BCUT2D eigenvalue weighted by atomic mass is 9.94. The zero-order chi connectivity index (χ0) is 22.5. The number of hydrogen-bond acceptors (Lipinski definition) is 4. The lowest BCUT2D eigenvalue weighted by Crippen LogP contribution is -2.46. The summed E-state index contributed by atoms with van der Waals surface area (Å²) >= 11 is 0. The highest BCUT2D eigenvalue weighted by atomic mass is 16.1. The Morgan fingerprint density at radius 2 is 1.69 bits per heavy atom. The molecular formula is C26H37N5O. The molecule has 6 nitrogen and oxygen atoms in total. The van der Waals surface area contributed by atoms with Gasteiger partial charge < -0.3 is 16.0 Å². The number of carbonyl (C=O) groups excluding carboxylic acids is 1. The van der Waals surface area contributed by atoms with Gasteiger partial charge in [0.15, 0.2) is 0 Å². The Morgan fingerprint density at radius 3 is 2.38 bits per heavy atom.